The number of carbonyl (C=O) groups excluding carboxylic acids is 1. The van der Waals surface area contributed by atoms with E-state index in [-0.39, 0.29) is 5.97 Å². The molecular weight excluding hydrogens is 132 g/mol. The lowest BCUT2D eigenvalue weighted by Crippen LogP contribution is -2.24. The molecular formula is C7H10O3. The maximum atomic E-state index is 10.8. The Balaban J connectivity index is 2.48. The Morgan fingerprint density at radius 1 is 1.50 bits per heavy atom. The van der Waals surface area contributed by atoms with Crippen LogP contribution in [0.15, 0.2) is 12.2 Å². The van der Waals surface area contributed by atoms with E-state index in [0.717, 1.165) is 0 Å². The van der Waals surface area contributed by atoms with E-state index >= 15 is 0 Å². The van der Waals surface area contributed by atoms with Gasteiger partial charge in [0.15, 0.2) is 6.10 Å². The number of cyclic esters (lactones) is 1. The summed E-state index contributed by atoms with van der Waals surface area (Å²) in [5.41, 5.74) is 0. The lowest BCUT2D eigenvalue weighted by Gasteiger charge is -2.12. The van der Waals surface area contributed by atoms with E-state index < -0.39 is 6.10 Å². The molecule has 0 amide bonds. The second-order valence-corrected chi connectivity index (χ2v) is 2.08. The monoisotopic (exact) mass is 142 g/mol. The van der Waals surface area contributed by atoms with E-state index in [1.165, 1.54) is 0 Å². The fourth-order valence-electron chi connectivity index (χ4n) is 0.652. The number of hydrogen-bond acceptors (Lipinski definition) is 3. The molecule has 1 atom stereocenters. The molecule has 0 aromatic rings. The highest BCUT2D eigenvalue weighted by molar-refractivity contribution is 5.74. The smallest absolute Gasteiger partial charge is 0.335 e. The van der Waals surface area contributed by atoms with Crippen molar-refractivity contribution in [3.05, 3.63) is 12.2 Å². The highest BCUT2D eigenvalue weighted by atomic mass is 16.6. The Kier molecular flexibility index (Phi) is 2.45. The fourth-order valence-corrected chi connectivity index (χ4v) is 0.652. The largest absolute Gasteiger partial charge is 0.460 e. The van der Waals surface area contributed by atoms with Gasteiger partial charge in [-0.2, -0.15) is 0 Å². The predicted octanol–water partition coefficient (Wildman–Crippen LogP) is 0.504. The fraction of sp³-hybridized carbons (Fsp3) is 0.571. The van der Waals surface area contributed by atoms with Crippen molar-refractivity contribution >= 4 is 5.97 Å². The third-order valence-corrected chi connectivity index (χ3v) is 1.26. The first-order valence-corrected chi connectivity index (χ1v) is 3.24. The quantitative estimate of drug-likeness (QED) is 0.365. The maximum absolute atomic E-state index is 10.8. The summed E-state index contributed by atoms with van der Waals surface area (Å²) in [4.78, 5) is 10.8. The average molecular weight is 142 g/mol. The van der Waals surface area contributed by atoms with Gasteiger partial charge in [-0.15, -0.1) is 0 Å². The van der Waals surface area contributed by atoms with E-state index in [2.05, 4.69) is 0 Å². The Morgan fingerprint density at radius 3 is 3.00 bits per heavy atom. The first-order chi connectivity index (χ1) is 4.80. The average Bonchev–Trinajstić information content (AvgIpc) is 1.92. The third kappa shape index (κ3) is 1.84. The van der Waals surface area contributed by atoms with Crippen LogP contribution in [-0.2, 0) is 14.3 Å². The molecule has 1 heterocycles. The second kappa shape index (κ2) is 3.37. The number of rotatable bonds is 0. The van der Waals surface area contributed by atoms with Gasteiger partial charge in [0.05, 0.1) is 6.61 Å². The van der Waals surface area contributed by atoms with Crippen LogP contribution in [0.3, 0.4) is 0 Å². The van der Waals surface area contributed by atoms with Gasteiger partial charge < -0.3 is 9.47 Å². The summed E-state index contributed by atoms with van der Waals surface area (Å²) in [6.07, 6.45) is 3.18. The second-order valence-electron chi connectivity index (χ2n) is 2.08. The van der Waals surface area contributed by atoms with Crippen LogP contribution >= 0.6 is 0 Å². The third-order valence-electron chi connectivity index (χ3n) is 1.26. The zero-order valence-electron chi connectivity index (χ0n) is 5.87. The van der Waals surface area contributed by atoms with Crippen LogP contribution in [-0.4, -0.2) is 25.3 Å². The highest BCUT2D eigenvalue weighted by Crippen LogP contribution is 1.97. The van der Waals surface area contributed by atoms with E-state index in [1.54, 1.807) is 13.0 Å². The van der Waals surface area contributed by atoms with Crippen molar-refractivity contribution in [1.82, 2.24) is 0 Å². The first-order valence-electron chi connectivity index (χ1n) is 3.24. The SMILES string of the molecule is CC1OC/C=C\COC1=O. The molecule has 0 saturated heterocycles. The summed E-state index contributed by atoms with van der Waals surface area (Å²) in [5.74, 6) is -0.288. The molecule has 0 bridgehead atoms. The molecule has 0 radical (unpaired) electrons. The van der Waals surface area contributed by atoms with Crippen molar-refractivity contribution in [2.24, 2.45) is 0 Å². The van der Waals surface area contributed by atoms with Gasteiger partial charge in [-0.1, -0.05) is 6.08 Å². The van der Waals surface area contributed by atoms with Crippen molar-refractivity contribution in [2.75, 3.05) is 13.2 Å². The Morgan fingerprint density at radius 2 is 2.20 bits per heavy atom. The molecule has 0 saturated carbocycles. The highest BCUT2D eigenvalue weighted by Gasteiger charge is 2.14. The molecule has 3 heteroatoms. The number of hydrogen-bond donors (Lipinski definition) is 0. The minimum atomic E-state index is -0.426. The first kappa shape index (κ1) is 7.28. The minimum absolute atomic E-state index is 0.288. The Bertz CT molecular complexity index is 151. The van der Waals surface area contributed by atoms with Crippen molar-refractivity contribution in [1.29, 1.82) is 0 Å². The van der Waals surface area contributed by atoms with Gasteiger partial charge in [0.1, 0.15) is 6.61 Å². The van der Waals surface area contributed by atoms with Crippen molar-refractivity contribution in [2.45, 2.75) is 13.0 Å². The molecule has 0 fully saturated rings. The van der Waals surface area contributed by atoms with Gasteiger partial charge >= 0.3 is 5.97 Å². The summed E-state index contributed by atoms with van der Waals surface area (Å²) in [7, 11) is 0. The summed E-state index contributed by atoms with van der Waals surface area (Å²) in [6, 6.07) is 0. The number of ether oxygens (including phenoxy) is 2. The van der Waals surface area contributed by atoms with Crippen LogP contribution in [0.5, 0.6) is 0 Å². The van der Waals surface area contributed by atoms with E-state index in [0.29, 0.717) is 13.2 Å². The molecule has 3 nitrogen and oxygen atoms in total. The van der Waals surface area contributed by atoms with E-state index in [1.807, 2.05) is 6.08 Å². The molecule has 0 spiro atoms. The molecule has 0 aliphatic carbocycles. The zero-order chi connectivity index (χ0) is 7.40. The van der Waals surface area contributed by atoms with Crippen LogP contribution in [0.4, 0.5) is 0 Å². The normalized spacial score (nSPS) is 30.1. The minimum Gasteiger partial charge on any atom is -0.460 e. The summed E-state index contributed by atoms with van der Waals surface area (Å²) in [5, 5.41) is 0. The van der Waals surface area contributed by atoms with Gasteiger partial charge in [0, 0.05) is 0 Å². The topological polar surface area (TPSA) is 35.5 Å². The predicted molar refractivity (Wildman–Crippen MR) is 35.5 cm³/mol. The van der Waals surface area contributed by atoms with Gasteiger partial charge in [-0.3, -0.25) is 0 Å². The Hall–Kier alpha value is -0.830. The standard InChI is InChI=1S/C7H10O3/c1-6-7(8)10-5-3-2-4-9-6/h2-3,6H,4-5H2,1H3/b3-2-. The molecule has 1 rings (SSSR count). The van der Waals surface area contributed by atoms with Gasteiger partial charge in [-0.25, -0.2) is 4.79 Å². The summed E-state index contributed by atoms with van der Waals surface area (Å²) >= 11 is 0. The van der Waals surface area contributed by atoms with Gasteiger partial charge in [0.2, 0.25) is 0 Å². The van der Waals surface area contributed by atoms with Gasteiger partial charge in [0.25, 0.3) is 0 Å². The number of carbonyl (C=O) groups is 1. The lowest BCUT2D eigenvalue weighted by molar-refractivity contribution is -0.154. The zero-order valence-corrected chi connectivity index (χ0v) is 5.87. The molecule has 0 aromatic heterocycles. The van der Waals surface area contributed by atoms with Crippen LogP contribution in [0.25, 0.3) is 0 Å². The van der Waals surface area contributed by atoms with Crippen LogP contribution in [0.1, 0.15) is 6.92 Å². The van der Waals surface area contributed by atoms with Crippen LogP contribution in [0, 0.1) is 0 Å². The van der Waals surface area contributed by atoms with Crippen molar-refractivity contribution in [3.63, 3.8) is 0 Å². The van der Waals surface area contributed by atoms with Crippen molar-refractivity contribution < 1.29 is 14.3 Å². The molecule has 10 heavy (non-hydrogen) atoms. The molecule has 1 unspecified atom stereocenters. The number of esters is 1. The molecule has 56 valence electrons. The van der Waals surface area contributed by atoms with E-state index in [9.17, 15) is 4.79 Å². The van der Waals surface area contributed by atoms with Crippen LogP contribution in [0.2, 0.25) is 0 Å². The molecule has 1 aliphatic rings. The Labute approximate surface area is 59.6 Å². The summed E-state index contributed by atoms with van der Waals surface area (Å²) in [6.45, 7) is 2.55. The van der Waals surface area contributed by atoms with Gasteiger partial charge in [-0.05, 0) is 13.0 Å². The summed E-state index contributed by atoms with van der Waals surface area (Å²) < 4.78 is 9.78. The van der Waals surface area contributed by atoms with E-state index in [4.69, 9.17) is 9.47 Å². The molecule has 0 aromatic carbocycles. The molecule has 1 aliphatic heterocycles. The molecule has 0 N–H and O–H groups in total. The van der Waals surface area contributed by atoms with Crippen LogP contribution < -0.4 is 0 Å². The maximum Gasteiger partial charge on any atom is 0.335 e. The van der Waals surface area contributed by atoms with Crippen molar-refractivity contribution in [3.8, 4) is 0 Å². The lowest BCUT2D eigenvalue weighted by atomic mass is 10.4.